The number of hydrogen-bond acceptors (Lipinski definition) is 16. The Morgan fingerprint density at radius 1 is 1.08 bits per heavy atom. The van der Waals surface area contributed by atoms with Crippen LogP contribution in [0.25, 0.3) is 11.2 Å². The van der Waals surface area contributed by atoms with Crippen molar-refractivity contribution in [3.63, 3.8) is 0 Å². The summed E-state index contributed by atoms with van der Waals surface area (Å²) in [5.74, 6) is 0.0595. The first-order chi connectivity index (χ1) is 18.5. The fourth-order valence-corrected chi connectivity index (χ4v) is 5.30. The predicted octanol–water partition coefficient (Wildman–Crippen LogP) is -4.30. The molecule has 20 heteroatoms. The molecule has 0 radical (unpaired) electrons. The second-order valence-electron chi connectivity index (χ2n) is 8.70. The topological polar surface area (TPSA) is 282 Å². The van der Waals surface area contributed by atoms with Crippen molar-refractivity contribution in [2.24, 2.45) is 0 Å². The van der Waals surface area contributed by atoms with Gasteiger partial charge in [-0.2, -0.15) is 0 Å². The average Bonchev–Trinajstić information content (AvgIpc) is 3.53. The van der Waals surface area contributed by atoms with E-state index in [1.807, 2.05) is 4.98 Å². The van der Waals surface area contributed by atoms with Gasteiger partial charge in [0.2, 0.25) is 0 Å². The van der Waals surface area contributed by atoms with Crippen LogP contribution in [0.15, 0.2) is 34.5 Å². The fraction of sp³-hybridized carbons (Fsp3) is 0.526. The van der Waals surface area contributed by atoms with Crippen molar-refractivity contribution in [1.82, 2.24) is 29.1 Å². The zero-order chi connectivity index (χ0) is 28.1. The fourth-order valence-electron chi connectivity index (χ4n) is 4.35. The van der Waals surface area contributed by atoms with Crippen LogP contribution in [0.1, 0.15) is 12.5 Å². The van der Waals surface area contributed by atoms with E-state index < -0.39 is 81.4 Å². The maximum atomic E-state index is 12.6. The number of aliphatic hydroxyl groups is 4. The molecule has 212 valence electrons. The minimum atomic E-state index is -5.26. The molecule has 39 heavy (non-hydrogen) atoms. The number of aliphatic hydroxyl groups excluding tert-OH is 4. The Morgan fingerprint density at radius 3 is 2.51 bits per heavy atom. The molecule has 0 spiro atoms. The van der Waals surface area contributed by atoms with Crippen LogP contribution in [0.3, 0.4) is 0 Å². The third kappa shape index (κ3) is 5.12. The van der Waals surface area contributed by atoms with E-state index in [9.17, 15) is 39.5 Å². The van der Waals surface area contributed by atoms with Gasteiger partial charge in [0.05, 0.1) is 19.5 Å². The number of rotatable bonds is 8. The van der Waals surface area contributed by atoms with E-state index in [-0.39, 0.29) is 17.0 Å². The van der Waals surface area contributed by atoms with Crippen molar-refractivity contribution in [3.05, 3.63) is 45.8 Å². The molecule has 0 aromatic carbocycles. The van der Waals surface area contributed by atoms with Gasteiger partial charge < -0.3 is 49.6 Å². The van der Waals surface area contributed by atoms with E-state index in [2.05, 4.69) is 15.0 Å². The highest BCUT2D eigenvalue weighted by atomic mass is 31.2. The Bertz CT molecular complexity index is 1510. The molecule has 3 aromatic heterocycles. The van der Waals surface area contributed by atoms with Crippen LogP contribution in [-0.4, -0.2) is 99.3 Å². The molecule has 0 bridgehead atoms. The molecular weight excluding hydrogens is 549 g/mol. The van der Waals surface area contributed by atoms with Crippen molar-refractivity contribution < 1.29 is 48.4 Å². The van der Waals surface area contributed by atoms with Crippen molar-refractivity contribution in [2.75, 3.05) is 18.9 Å². The van der Waals surface area contributed by atoms with Gasteiger partial charge in [-0.1, -0.05) is 0 Å². The number of imidazole rings is 1. The number of anilines is 1. The van der Waals surface area contributed by atoms with Crippen molar-refractivity contribution >= 4 is 24.8 Å². The summed E-state index contributed by atoms with van der Waals surface area (Å²) in [5.41, 5.74) is 4.51. The number of phosphoric acid groups is 1. The molecule has 7 N–H and O–H groups in total. The van der Waals surface area contributed by atoms with Gasteiger partial charge in [0, 0.05) is 12.3 Å². The van der Waals surface area contributed by atoms with E-state index in [0.717, 1.165) is 23.2 Å². The molecule has 9 atom stereocenters. The van der Waals surface area contributed by atoms with Gasteiger partial charge in [-0.15, -0.1) is 0 Å². The first-order valence-corrected chi connectivity index (χ1v) is 12.8. The lowest BCUT2D eigenvalue weighted by atomic mass is 10.1. The SMILES string of the molecule is Nc1ncnc2c1ncn2C1OC(CO)C(OP(=O)([O-])OCC2OC(n3ccc(=O)[nH]c3=O)C(O)C2O)C1O. The van der Waals surface area contributed by atoms with Gasteiger partial charge in [-0.05, 0) is 0 Å². The average molecular weight is 572 g/mol. The Balaban J connectivity index is 1.26. The second-order valence-corrected chi connectivity index (χ2v) is 10.1. The van der Waals surface area contributed by atoms with Crippen molar-refractivity contribution in [1.29, 1.82) is 0 Å². The van der Waals surface area contributed by atoms with E-state index in [1.165, 1.54) is 10.9 Å². The summed E-state index contributed by atoms with van der Waals surface area (Å²) >= 11 is 0. The highest BCUT2D eigenvalue weighted by Gasteiger charge is 2.48. The number of aromatic amines is 1. The highest BCUT2D eigenvalue weighted by molar-refractivity contribution is 7.45. The van der Waals surface area contributed by atoms with Gasteiger partial charge in [0.1, 0.15) is 48.5 Å². The van der Waals surface area contributed by atoms with Crippen LogP contribution < -0.4 is 21.9 Å². The largest absolute Gasteiger partial charge is 0.756 e. The molecule has 3 aromatic rings. The first-order valence-electron chi connectivity index (χ1n) is 11.3. The Hall–Kier alpha value is -3.10. The molecule has 5 heterocycles. The van der Waals surface area contributed by atoms with Gasteiger partial charge in [-0.3, -0.25) is 23.5 Å². The maximum Gasteiger partial charge on any atom is 0.330 e. The van der Waals surface area contributed by atoms with E-state index in [1.54, 1.807) is 0 Å². The van der Waals surface area contributed by atoms with Gasteiger partial charge in [0.15, 0.2) is 23.9 Å². The number of phosphoric ester groups is 1. The minimum Gasteiger partial charge on any atom is -0.756 e. The van der Waals surface area contributed by atoms with Crippen molar-refractivity contribution in [2.45, 2.75) is 49.1 Å². The summed E-state index contributed by atoms with van der Waals surface area (Å²) in [6.45, 7) is -1.60. The molecule has 2 aliphatic heterocycles. The normalized spacial score (nSPS) is 32.5. The van der Waals surface area contributed by atoms with Gasteiger partial charge >= 0.3 is 5.69 Å². The third-order valence-corrected chi connectivity index (χ3v) is 7.23. The predicted molar refractivity (Wildman–Crippen MR) is 122 cm³/mol. The molecule has 0 saturated carbocycles. The van der Waals surface area contributed by atoms with E-state index >= 15 is 0 Å². The minimum absolute atomic E-state index is 0.0595. The molecule has 5 rings (SSSR count). The molecule has 0 amide bonds. The first kappa shape index (κ1) is 27.5. The van der Waals surface area contributed by atoms with E-state index in [4.69, 9.17) is 24.3 Å². The number of ether oxygens (including phenoxy) is 2. The number of aromatic nitrogens is 6. The molecule has 2 fully saturated rings. The van der Waals surface area contributed by atoms with E-state index in [0.29, 0.717) is 0 Å². The van der Waals surface area contributed by atoms with Crippen LogP contribution >= 0.6 is 7.82 Å². The molecule has 2 aliphatic rings. The number of nitrogens with one attached hydrogen (secondary N) is 1. The number of hydrogen-bond donors (Lipinski definition) is 6. The lowest BCUT2D eigenvalue weighted by molar-refractivity contribution is -0.236. The molecule has 2 saturated heterocycles. The maximum absolute atomic E-state index is 12.6. The highest BCUT2D eigenvalue weighted by Crippen LogP contribution is 2.46. The summed E-state index contributed by atoms with van der Waals surface area (Å²) in [7, 11) is -5.26. The zero-order valence-electron chi connectivity index (χ0n) is 19.7. The summed E-state index contributed by atoms with van der Waals surface area (Å²) < 4.78 is 35.5. The zero-order valence-corrected chi connectivity index (χ0v) is 20.6. The monoisotopic (exact) mass is 572 g/mol. The number of H-pyrrole nitrogens is 1. The van der Waals surface area contributed by atoms with Crippen LogP contribution in [0.5, 0.6) is 0 Å². The van der Waals surface area contributed by atoms with Crippen LogP contribution in [0, 0.1) is 0 Å². The number of nitrogens with zero attached hydrogens (tertiary/aromatic N) is 5. The number of fused-ring (bicyclic) bond motifs is 1. The summed E-state index contributed by atoms with van der Waals surface area (Å²) in [4.78, 5) is 49.7. The lowest BCUT2D eigenvalue weighted by Gasteiger charge is -2.30. The Morgan fingerprint density at radius 2 is 1.79 bits per heavy atom. The molecule has 19 nitrogen and oxygen atoms in total. The summed E-state index contributed by atoms with van der Waals surface area (Å²) in [6, 6.07) is 0.988. The third-order valence-electron chi connectivity index (χ3n) is 6.26. The molecule has 0 aliphatic carbocycles. The Kier molecular flexibility index (Phi) is 7.37. The van der Waals surface area contributed by atoms with Gasteiger partial charge in [-0.25, -0.2) is 19.7 Å². The van der Waals surface area contributed by atoms with Crippen LogP contribution in [0.2, 0.25) is 0 Å². The summed E-state index contributed by atoms with van der Waals surface area (Å²) in [6.07, 6.45) is -8.73. The quantitative estimate of drug-likeness (QED) is 0.139. The number of nitrogens with two attached hydrogens (primary N) is 1. The van der Waals surface area contributed by atoms with Gasteiger partial charge in [0.25, 0.3) is 13.4 Å². The summed E-state index contributed by atoms with van der Waals surface area (Å²) in [5, 5.41) is 41.1. The lowest BCUT2D eigenvalue weighted by Crippen LogP contribution is -2.38. The second kappa shape index (κ2) is 10.5. The molecular formula is C19H23N7O12P-. The smallest absolute Gasteiger partial charge is 0.330 e. The van der Waals surface area contributed by atoms with Crippen LogP contribution in [0.4, 0.5) is 5.82 Å². The standard InChI is InChI=1S/C19H24N7O12P/c20-15-10-16(22-5-21-15)26(6-23-10)18-13(31)14(7(3-27)36-18)38-39(33,34)35-4-8-11(29)12(30)17(37-8)25-2-1-9(28)24-19(25)32/h1-2,5-8,11-14,17-18,27,29-31H,3-4H2,(H,33,34)(H2,20,21,22)(H,24,28,32)/p-1. The van der Waals surface area contributed by atoms with Crippen LogP contribution in [-0.2, 0) is 23.1 Å². The Labute approximate surface area is 216 Å². The number of nitrogen functional groups attached to an aromatic ring is 1. The van der Waals surface area contributed by atoms with Crippen molar-refractivity contribution in [3.8, 4) is 0 Å². The molecule has 9 unspecified atom stereocenters.